The lowest BCUT2D eigenvalue weighted by molar-refractivity contribution is -0.135. The lowest BCUT2D eigenvalue weighted by Gasteiger charge is -2.38. The van der Waals surface area contributed by atoms with E-state index in [1.54, 1.807) is 7.11 Å². The molecule has 1 saturated carbocycles. The van der Waals surface area contributed by atoms with Gasteiger partial charge in [-0.25, -0.2) is 0 Å². The summed E-state index contributed by atoms with van der Waals surface area (Å²) < 4.78 is 11.6. The molecular weight excluding hydrogens is 390 g/mol. The Kier molecular flexibility index (Phi) is 8.22. The highest BCUT2D eigenvalue weighted by atomic mass is 16.5. The predicted molar refractivity (Wildman–Crippen MR) is 122 cm³/mol. The van der Waals surface area contributed by atoms with Gasteiger partial charge in [0.25, 0.3) is 0 Å². The first-order valence-electron chi connectivity index (χ1n) is 12.2. The SMILES string of the molecule is COc1ccc(CN2CCN(C(=O)CN3CCC(OC4CCCCC4)CC3)CC2)cc1. The van der Waals surface area contributed by atoms with Gasteiger partial charge < -0.3 is 14.4 Å². The van der Waals surface area contributed by atoms with Crippen LogP contribution in [0.5, 0.6) is 5.75 Å². The molecule has 31 heavy (non-hydrogen) atoms. The number of piperazine rings is 1. The van der Waals surface area contributed by atoms with Gasteiger partial charge in [0, 0.05) is 45.8 Å². The van der Waals surface area contributed by atoms with Gasteiger partial charge >= 0.3 is 0 Å². The quantitative estimate of drug-likeness (QED) is 0.666. The average molecular weight is 430 g/mol. The van der Waals surface area contributed by atoms with Crippen LogP contribution in [-0.4, -0.2) is 85.7 Å². The van der Waals surface area contributed by atoms with E-state index in [1.807, 2.05) is 12.1 Å². The highest BCUT2D eigenvalue weighted by Crippen LogP contribution is 2.24. The highest BCUT2D eigenvalue weighted by Gasteiger charge is 2.27. The summed E-state index contributed by atoms with van der Waals surface area (Å²) in [7, 11) is 1.69. The minimum absolute atomic E-state index is 0.288. The van der Waals surface area contributed by atoms with Crippen molar-refractivity contribution < 1.29 is 14.3 Å². The first kappa shape index (κ1) is 22.6. The Morgan fingerprint density at radius 2 is 1.48 bits per heavy atom. The summed E-state index contributed by atoms with van der Waals surface area (Å²) in [6, 6.07) is 8.27. The number of carbonyl (C=O) groups excluding carboxylic acids is 1. The number of likely N-dealkylation sites (tertiary alicyclic amines) is 1. The molecule has 3 aliphatic rings. The molecule has 0 unspecified atom stereocenters. The van der Waals surface area contributed by atoms with Crippen LogP contribution in [0.4, 0.5) is 0 Å². The van der Waals surface area contributed by atoms with Gasteiger partial charge in [0.05, 0.1) is 25.9 Å². The van der Waals surface area contributed by atoms with Crippen LogP contribution in [0, 0.1) is 0 Å². The van der Waals surface area contributed by atoms with Gasteiger partial charge in [-0.2, -0.15) is 0 Å². The zero-order valence-electron chi connectivity index (χ0n) is 19.1. The topological polar surface area (TPSA) is 45.2 Å². The van der Waals surface area contributed by atoms with Crippen LogP contribution in [0.2, 0.25) is 0 Å². The van der Waals surface area contributed by atoms with Crippen molar-refractivity contribution in [3.8, 4) is 5.75 Å². The van der Waals surface area contributed by atoms with E-state index in [2.05, 4.69) is 26.8 Å². The average Bonchev–Trinajstić information content (AvgIpc) is 2.82. The summed E-state index contributed by atoms with van der Waals surface area (Å²) in [5.74, 6) is 1.18. The molecule has 1 aliphatic carbocycles. The molecule has 6 heteroatoms. The smallest absolute Gasteiger partial charge is 0.236 e. The second-order valence-corrected chi connectivity index (χ2v) is 9.38. The lowest BCUT2D eigenvalue weighted by Crippen LogP contribution is -2.51. The molecule has 2 heterocycles. The van der Waals surface area contributed by atoms with E-state index in [1.165, 1.54) is 37.7 Å². The van der Waals surface area contributed by atoms with E-state index in [4.69, 9.17) is 9.47 Å². The molecule has 6 nitrogen and oxygen atoms in total. The van der Waals surface area contributed by atoms with Gasteiger partial charge in [-0.1, -0.05) is 31.4 Å². The normalized spacial score (nSPS) is 22.5. The zero-order valence-corrected chi connectivity index (χ0v) is 19.1. The van der Waals surface area contributed by atoms with Crippen LogP contribution < -0.4 is 4.74 Å². The number of ether oxygens (including phenoxy) is 2. The minimum Gasteiger partial charge on any atom is -0.497 e. The molecule has 4 rings (SSSR count). The van der Waals surface area contributed by atoms with Crippen molar-refractivity contribution in [2.75, 3.05) is 52.9 Å². The summed E-state index contributed by atoms with van der Waals surface area (Å²) in [6.07, 6.45) is 9.52. The third kappa shape index (κ3) is 6.67. The molecule has 2 aliphatic heterocycles. The number of carbonyl (C=O) groups is 1. The Hall–Kier alpha value is -1.63. The van der Waals surface area contributed by atoms with Gasteiger partial charge in [-0.3, -0.25) is 14.6 Å². The van der Waals surface area contributed by atoms with Crippen LogP contribution in [0.1, 0.15) is 50.5 Å². The third-order valence-corrected chi connectivity index (χ3v) is 7.12. The van der Waals surface area contributed by atoms with Crippen LogP contribution in [-0.2, 0) is 16.1 Å². The van der Waals surface area contributed by atoms with Crippen molar-refractivity contribution in [3.05, 3.63) is 29.8 Å². The van der Waals surface area contributed by atoms with E-state index in [-0.39, 0.29) is 5.91 Å². The van der Waals surface area contributed by atoms with E-state index < -0.39 is 0 Å². The van der Waals surface area contributed by atoms with E-state index in [0.717, 1.165) is 64.4 Å². The first-order valence-corrected chi connectivity index (χ1v) is 12.2. The summed E-state index contributed by atoms with van der Waals surface area (Å²) >= 11 is 0. The summed E-state index contributed by atoms with van der Waals surface area (Å²) in [4.78, 5) is 19.6. The van der Waals surface area contributed by atoms with Gasteiger partial charge in [-0.15, -0.1) is 0 Å². The molecule has 1 aromatic carbocycles. The lowest BCUT2D eigenvalue weighted by atomic mass is 9.97. The van der Waals surface area contributed by atoms with E-state index in [0.29, 0.717) is 18.8 Å². The largest absolute Gasteiger partial charge is 0.497 e. The molecule has 0 radical (unpaired) electrons. The van der Waals surface area contributed by atoms with E-state index in [9.17, 15) is 4.79 Å². The first-order chi connectivity index (χ1) is 15.2. The zero-order chi connectivity index (χ0) is 21.5. The Labute approximate surface area is 187 Å². The fourth-order valence-electron chi connectivity index (χ4n) is 5.11. The van der Waals surface area contributed by atoms with Crippen molar-refractivity contribution in [3.63, 3.8) is 0 Å². The van der Waals surface area contributed by atoms with Crippen molar-refractivity contribution >= 4 is 5.91 Å². The number of methoxy groups -OCH3 is 1. The molecule has 0 aromatic heterocycles. The second kappa shape index (κ2) is 11.3. The monoisotopic (exact) mass is 429 g/mol. The van der Waals surface area contributed by atoms with Crippen LogP contribution >= 0.6 is 0 Å². The molecule has 1 aromatic rings. The number of rotatable bonds is 7. The number of nitrogens with zero attached hydrogens (tertiary/aromatic N) is 3. The van der Waals surface area contributed by atoms with Crippen LogP contribution in [0.3, 0.4) is 0 Å². The molecule has 1 amide bonds. The van der Waals surface area contributed by atoms with Crippen LogP contribution in [0.25, 0.3) is 0 Å². The molecular formula is C25H39N3O3. The summed E-state index contributed by atoms with van der Waals surface area (Å²) in [6.45, 7) is 7.01. The molecule has 0 bridgehead atoms. The fraction of sp³-hybridized carbons (Fsp3) is 0.720. The Balaban J connectivity index is 1.13. The Morgan fingerprint density at radius 1 is 0.839 bits per heavy atom. The standard InChI is InChI=1S/C25H39N3O3/c1-30-22-9-7-21(8-10-22)19-27-15-17-28(18-16-27)25(29)20-26-13-11-24(12-14-26)31-23-5-3-2-4-6-23/h7-10,23-24H,2-6,11-20H2,1H3. The molecule has 3 fully saturated rings. The number of benzene rings is 1. The van der Waals surface area contributed by atoms with Crippen molar-refractivity contribution in [2.24, 2.45) is 0 Å². The van der Waals surface area contributed by atoms with Gasteiger partial charge in [0.1, 0.15) is 5.75 Å². The highest BCUT2D eigenvalue weighted by molar-refractivity contribution is 5.78. The number of piperidine rings is 1. The van der Waals surface area contributed by atoms with Crippen molar-refractivity contribution in [2.45, 2.75) is 63.7 Å². The van der Waals surface area contributed by atoms with E-state index >= 15 is 0 Å². The third-order valence-electron chi connectivity index (χ3n) is 7.12. The Morgan fingerprint density at radius 3 is 2.13 bits per heavy atom. The minimum atomic E-state index is 0.288. The molecule has 0 spiro atoms. The molecule has 172 valence electrons. The predicted octanol–water partition coefficient (Wildman–Crippen LogP) is 3.15. The maximum atomic E-state index is 12.8. The Bertz CT molecular complexity index is 674. The molecule has 0 atom stereocenters. The second-order valence-electron chi connectivity index (χ2n) is 9.38. The van der Waals surface area contributed by atoms with Gasteiger partial charge in [-0.05, 0) is 43.4 Å². The van der Waals surface area contributed by atoms with Gasteiger partial charge in [0.15, 0.2) is 0 Å². The molecule has 0 N–H and O–H groups in total. The number of amides is 1. The maximum absolute atomic E-state index is 12.8. The maximum Gasteiger partial charge on any atom is 0.236 e. The van der Waals surface area contributed by atoms with Crippen molar-refractivity contribution in [1.29, 1.82) is 0 Å². The number of hydrogen-bond acceptors (Lipinski definition) is 5. The molecule has 2 saturated heterocycles. The summed E-state index contributed by atoms with van der Waals surface area (Å²) in [5, 5.41) is 0. The summed E-state index contributed by atoms with van der Waals surface area (Å²) in [5.41, 5.74) is 1.29. The number of hydrogen-bond donors (Lipinski definition) is 0. The van der Waals surface area contributed by atoms with Crippen LogP contribution in [0.15, 0.2) is 24.3 Å². The fourth-order valence-corrected chi connectivity index (χ4v) is 5.11. The van der Waals surface area contributed by atoms with Crippen molar-refractivity contribution in [1.82, 2.24) is 14.7 Å². The van der Waals surface area contributed by atoms with Gasteiger partial charge in [0.2, 0.25) is 5.91 Å².